The van der Waals surface area contributed by atoms with Gasteiger partial charge in [-0.1, -0.05) is 34.9 Å². The monoisotopic (exact) mass is 484 g/mol. The molecular formula is C24H40N2O4S2. The Balaban J connectivity index is 4.20. The second-order valence-electron chi connectivity index (χ2n) is 7.84. The summed E-state index contributed by atoms with van der Waals surface area (Å²) in [5, 5.41) is 15.3. The van der Waals surface area contributed by atoms with Gasteiger partial charge >= 0.3 is 11.9 Å². The van der Waals surface area contributed by atoms with Gasteiger partial charge in [-0.3, -0.25) is 4.79 Å². The summed E-state index contributed by atoms with van der Waals surface area (Å²) in [6.45, 7) is 10.9. The van der Waals surface area contributed by atoms with Crippen LogP contribution in [0.4, 0.5) is 0 Å². The van der Waals surface area contributed by atoms with E-state index in [9.17, 15) is 14.7 Å². The van der Waals surface area contributed by atoms with Crippen LogP contribution < -0.4 is 10.6 Å². The zero-order valence-electron chi connectivity index (χ0n) is 20.2. The van der Waals surface area contributed by atoms with E-state index < -0.39 is 12.0 Å². The lowest BCUT2D eigenvalue weighted by Gasteiger charge is -2.16. The Morgan fingerprint density at radius 2 is 1.66 bits per heavy atom. The summed E-state index contributed by atoms with van der Waals surface area (Å²) in [7, 11) is 0. The third-order valence-corrected chi connectivity index (χ3v) is 5.71. The molecule has 3 N–H and O–H groups in total. The maximum absolute atomic E-state index is 11.5. The van der Waals surface area contributed by atoms with Crippen LogP contribution in [0.1, 0.15) is 66.7 Å². The molecule has 0 radical (unpaired) electrons. The number of allylic oxidation sites excluding steroid dienone is 5. The first-order chi connectivity index (χ1) is 15.1. The van der Waals surface area contributed by atoms with Gasteiger partial charge in [0.1, 0.15) is 6.04 Å². The standard InChI is InChI=1S/C24H40N2O4S2/c1-6-30-22(27)13-15-25-24(31)26-21(23(28)29)17-32-16-14-20(5)12-8-11-19(4)10-7-9-18(2)3/h9,11,14,21H,6-8,10,12-13,15-17H2,1-5H3,(H,28,29)(H2,25,26,31)/b19-11+,20-14+/t21-/m0/s1. The Labute approximate surface area is 203 Å². The van der Waals surface area contributed by atoms with Crippen molar-refractivity contribution in [3.63, 3.8) is 0 Å². The number of thioether (sulfide) groups is 1. The predicted octanol–water partition coefficient (Wildman–Crippen LogP) is 5.01. The van der Waals surface area contributed by atoms with Crippen molar-refractivity contribution >= 4 is 41.0 Å². The van der Waals surface area contributed by atoms with Crippen molar-refractivity contribution in [3.8, 4) is 0 Å². The number of esters is 1. The van der Waals surface area contributed by atoms with Gasteiger partial charge in [-0.15, -0.1) is 0 Å². The third-order valence-electron chi connectivity index (χ3n) is 4.48. The molecule has 0 bridgehead atoms. The van der Waals surface area contributed by atoms with Crippen molar-refractivity contribution in [1.82, 2.24) is 10.6 Å². The number of carboxylic acid groups (broad SMARTS) is 1. The van der Waals surface area contributed by atoms with Gasteiger partial charge in [0.25, 0.3) is 0 Å². The van der Waals surface area contributed by atoms with Crippen molar-refractivity contribution in [2.75, 3.05) is 24.7 Å². The molecule has 1 atom stereocenters. The smallest absolute Gasteiger partial charge is 0.327 e. The zero-order valence-corrected chi connectivity index (χ0v) is 21.8. The molecule has 0 aromatic carbocycles. The first-order valence-corrected chi connectivity index (χ1v) is 12.7. The highest BCUT2D eigenvalue weighted by Crippen LogP contribution is 2.13. The van der Waals surface area contributed by atoms with Gasteiger partial charge in [-0.25, -0.2) is 4.79 Å². The lowest BCUT2D eigenvalue weighted by molar-refractivity contribution is -0.143. The Morgan fingerprint density at radius 1 is 1.03 bits per heavy atom. The maximum Gasteiger partial charge on any atom is 0.327 e. The van der Waals surface area contributed by atoms with E-state index in [4.69, 9.17) is 17.0 Å². The highest BCUT2D eigenvalue weighted by atomic mass is 32.2. The van der Waals surface area contributed by atoms with Crippen molar-refractivity contribution in [1.29, 1.82) is 0 Å². The molecule has 32 heavy (non-hydrogen) atoms. The SMILES string of the molecule is CCOC(=O)CCNC(=S)N[C@@H](CSC/C=C(\C)CC/C=C(\C)CCC=C(C)C)C(=O)O. The number of hydrogen-bond donors (Lipinski definition) is 3. The number of carbonyl (C=O) groups excluding carboxylic acids is 1. The van der Waals surface area contributed by atoms with Gasteiger partial charge in [0.15, 0.2) is 5.11 Å². The Kier molecular flexibility index (Phi) is 17.7. The molecule has 0 saturated carbocycles. The molecule has 0 heterocycles. The van der Waals surface area contributed by atoms with Crippen molar-refractivity contribution in [2.45, 2.75) is 72.8 Å². The molecule has 0 aliphatic rings. The first kappa shape index (κ1) is 30.2. The summed E-state index contributed by atoms with van der Waals surface area (Å²) in [5.74, 6) is -0.127. The topological polar surface area (TPSA) is 87.7 Å². The number of aliphatic carboxylic acids is 1. The molecule has 8 heteroatoms. The molecule has 0 spiro atoms. The molecule has 6 nitrogen and oxygen atoms in total. The van der Waals surface area contributed by atoms with E-state index >= 15 is 0 Å². The maximum atomic E-state index is 11.5. The number of rotatable bonds is 16. The van der Waals surface area contributed by atoms with Gasteiger partial charge in [0.05, 0.1) is 13.0 Å². The van der Waals surface area contributed by atoms with E-state index in [0.717, 1.165) is 31.4 Å². The summed E-state index contributed by atoms with van der Waals surface area (Å²) >= 11 is 6.67. The second-order valence-corrected chi connectivity index (χ2v) is 9.33. The van der Waals surface area contributed by atoms with Crippen LogP contribution in [0.3, 0.4) is 0 Å². The molecule has 0 unspecified atom stereocenters. The van der Waals surface area contributed by atoms with Gasteiger partial charge in [-0.2, -0.15) is 11.8 Å². The van der Waals surface area contributed by atoms with E-state index in [0.29, 0.717) is 18.9 Å². The summed E-state index contributed by atoms with van der Waals surface area (Å²) in [5.41, 5.74) is 4.09. The number of hydrogen-bond acceptors (Lipinski definition) is 5. The van der Waals surface area contributed by atoms with E-state index in [1.54, 1.807) is 18.7 Å². The average Bonchev–Trinajstić information content (AvgIpc) is 2.70. The molecule has 0 rings (SSSR count). The van der Waals surface area contributed by atoms with E-state index in [-0.39, 0.29) is 17.5 Å². The molecular weight excluding hydrogens is 444 g/mol. The van der Waals surface area contributed by atoms with Crippen LogP contribution in [0.5, 0.6) is 0 Å². The Morgan fingerprint density at radius 3 is 2.25 bits per heavy atom. The van der Waals surface area contributed by atoms with Crippen molar-refractivity contribution < 1.29 is 19.4 Å². The first-order valence-electron chi connectivity index (χ1n) is 11.1. The molecule has 0 fully saturated rings. The highest BCUT2D eigenvalue weighted by molar-refractivity contribution is 7.99. The number of carboxylic acids is 1. The number of ether oxygens (including phenoxy) is 1. The van der Waals surface area contributed by atoms with Crippen LogP contribution in [0.2, 0.25) is 0 Å². The fraction of sp³-hybridized carbons (Fsp3) is 0.625. The third kappa shape index (κ3) is 17.8. The summed E-state index contributed by atoms with van der Waals surface area (Å²) < 4.78 is 4.84. The molecule has 0 aliphatic heterocycles. The van der Waals surface area contributed by atoms with Gasteiger partial charge in [-0.05, 0) is 72.5 Å². The van der Waals surface area contributed by atoms with Crippen molar-refractivity contribution in [2.24, 2.45) is 0 Å². The van der Waals surface area contributed by atoms with Crippen LogP contribution in [-0.4, -0.2) is 52.9 Å². The van der Waals surface area contributed by atoms with E-state index in [2.05, 4.69) is 56.6 Å². The lowest BCUT2D eigenvalue weighted by atomic mass is 10.1. The fourth-order valence-electron chi connectivity index (χ4n) is 2.62. The lowest BCUT2D eigenvalue weighted by Crippen LogP contribution is -2.47. The van der Waals surface area contributed by atoms with Crippen LogP contribution in [0.25, 0.3) is 0 Å². The van der Waals surface area contributed by atoms with Crippen LogP contribution in [0.15, 0.2) is 34.9 Å². The van der Waals surface area contributed by atoms with Crippen molar-refractivity contribution in [3.05, 3.63) is 34.9 Å². The summed E-state index contributed by atoms with van der Waals surface area (Å²) in [4.78, 5) is 22.8. The predicted molar refractivity (Wildman–Crippen MR) is 139 cm³/mol. The van der Waals surface area contributed by atoms with E-state index in [1.807, 2.05) is 0 Å². The molecule has 0 aromatic rings. The van der Waals surface area contributed by atoms with Crippen LogP contribution in [-0.2, 0) is 14.3 Å². The van der Waals surface area contributed by atoms with E-state index in [1.165, 1.54) is 16.7 Å². The second kappa shape index (κ2) is 18.7. The Hall–Kier alpha value is -1.80. The molecule has 182 valence electrons. The molecule has 0 amide bonds. The molecule has 0 aliphatic carbocycles. The largest absolute Gasteiger partial charge is 0.480 e. The molecule has 0 aromatic heterocycles. The minimum absolute atomic E-state index is 0.177. The van der Waals surface area contributed by atoms with Gasteiger partial charge in [0, 0.05) is 18.1 Å². The fourth-order valence-corrected chi connectivity index (χ4v) is 3.87. The zero-order chi connectivity index (χ0) is 24.4. The highest BCUT2D eigenvalue weighted by Gasteiger charge is 2.18. The quantitative estimate of drug-likeness (QED) is 0.122. The Bertz CT molecular complexity index is 683. The number of nitrogens with one attached hydrogen (secondary N) is 2. The number of carbonyl (C=O) groups is 2. The van der Waals surface area contributed by atoms with Gasteiger partial charge < -0.3 is 20.5 Å². The van der Waals surface area contributed by atoms with Gasteiger partial charge in [0.2, 0.25) is 0 Å². The minimum atomic E-state index is -0.957. The van der Waals surface area contributed by atoms with Crippen LogP contribution >= 0.6 is 24.0 Å². The minimum Gasteiger partial charge on any atom is -0.480 e. The average molecular weight is 485 g/mol. The normalized spacial score (nSPS) is 12.7. The molecule has 0 saturated heterocycles. The summed E-state index contributed by atoms with van der Waals surface area (Å²) in [6.07, 6.45) is 11.2. The number of thiocarbonyl (C=S) groups is 1. The van der Waals surface area contributed by atoms with Crippen LogP contribution in [0, 0.1) is 0 Å². The summed E-state index contributed by atoms with van der Waals surface area (Å²) in [6, 6.07) is -0.789.